The Bertz CT molecular complexity index is 193. The molecule has 15 heavy (non-hydrogen) atoms. The Morgan fingerprint density at radius 2 is 2.20 bits per heavy atom. The molecule has 4 heteroatoms. The van der Waals surface area contributed by atoms with Crippen LogP contribution in [0.4, 0.5) is 0 Å². The monoisotopic (exact) mass is 231 g/mol. The van der Waals surface area contributed by atoms with Crippen LogP contribution in [0.3, 0.4) is 0 Å². The summed E-state index contributed by atoms with van der Waals surface area (Å²) in [4.78, 5) is 11.1. The molecule has 1 atom stereocenters. The molecule has 2 N–H and O–H groups in total. The standard InChI is InChI=1S/C11H21NO2S/c1-2-14-11(13)8-15-7-10(12)9-5-3-4-6-9/h9-10H,2-8,12H2,1H3. The van der Waals surface area contributed by atoms with E-state index in [1.54, 1.807) is 11.8 Å². The smallest absolute Gasteiger partial charge is 0.315 e. The van der Waals surface area contributed by atoms with Gasteiger partial charge in [0.15, 0.2) is 0 Å². The van der Waals surface area contributed by atoms with Gasteiger partial charge in [0.2, 0.25) is 0 Å². The molecule has 1 fully saturated rings. The van der Waals surface area contributed by atoms with E-state index in [4.69, 9.17) is 10.5 Å². The minimum atomic E-state index is -0.124. The second-order valence-electron chi connectivity index (χ2n) is 4.03. The lowest BCUT2D eigenvalue weighted by Crippen LogP contribution is -2.31. The van der Waals surface area contributed by atoms with E-state index in [-0.39, 0.29) is 12.0 Å². The molecule has 3 nitrogen and oxygen atoms in total. The number of nitrogens with two attached hydrogens (primary N) is 1. The van der Waals surface area contributed by atoms with E-state index in [9.17, 15) is 4.79 Å². The highest BCUT2D eigenvalue weighted by molar-refractivity contribution is 7.99. The second-order valence-corrected chi connectivity index (χ2v) is 5.06. The first-order valence-corrected chi connectivity index (χ1v) is 6.88. The van der Waals surface area contributed by atoms with Gasteiger partial charge in [0.25, 0.3) is 0 Å². The summed E-state index contributed by atoms with van der Waals surface area (Å²) in [5, 5.41) is 0. The van der Waals surface area contributed by atoms with E-state index in [1.807, 2.05) is 6.92 Å². The van der Waals surface area contributed by atoms with Crippen LogP contribution in [0.25, 0.3) is 0 Å². The lowest BCUT2D eigenvalue weighted by Gasteiger charge is -2.17. The zero-order valence-electron chi connectivity index (χ0n) is 9.41. The zero-order valence-corrected chi connectivity index (χ0v) is 10.2. The van der Waals surface area contributed by atoms with E-state index in [1.165, 1.54) is 25.7 Å². The molecule has 1 rings (SSSR count). The highest BCUT2D eigenvalue weighted by Gasteiger charge is 2.21. The fourth-order valence-corrected chi connectivity index (χ4v) is 2.91. The van der Waals surface area contributed by atoms with Crippen LogP contribution in [0.1, 0.15) is 32.6 Å². The average Bonchev–Trinajstić information content (AvgIpc) is 2.70. The Hall–Kier alpha value is -0.220. The first-order chi connectivity index (χ1) is 7.24. The maximum absolute atomic E-state index is 11.1. The highest BCUT2D eigenvalue weighted by atomic mass is 32.2. The van der Waals surface area contributed by atoms with Gasteiger partial charge in [-0.2, -0.15) is 0 Å². The van der Waals surface area contributed by atoms with Gasteiger partial charge in [0.1, 0.15) is 0 Å². The molecule has 1 saturated carbocycles. The predicted octanol–water partition coefficient (Wildman–Crippen LogP) is 1.80. The fraction of sp³-hybridized carbons (Fsp3) is 0.909. The number of thioether (sulfide) groups is 1. The van der Waals surface area contributed by atoms with Crippen LogP contribution in [0.15, 0.2) is 0 Å². The van der Waals surface area contributed by atoms with E-state index in [2.05, 4.69) is 0 Å². The van der Waals surface area contributed by atoms with Gasteiger partial charge in [0, 0.05) is 11.8 Å². The van der Waals surface area contributed by atoms with Crippen molar-refractivity contribution < 1.29 is 9.53 Å². The first kappa shape index (κ1) is 12.8. The second kappa shape index (κ2) is 7.12. The molecule has 0 radical (unpaired) electrons. The summed E-state index contributed by atoms with van der Waals surface area (Å²) in [7, 11) is 0. The predicted molar refractivity (Wildman–Crippen MR) is 63.9 cm³/mol. The van der Waals surface area contributed by atoms with Crippen molar-refractivity contribution in [2.45, 2.75) is 38.6 Å². The molecule has 0 spiro atoms. The van der Waals surface area contributed by atoms with Crippen LogP contribution in [0.2, 0.25) is 0 Å². The van der Waals surface area contributed by atoms with Crippen molar-refractivity contribution in [2.75, 3.05) is 18.1 Å². The summed E-state index contributed by atoms with van der Waals surface area (Å²) in [5.41, 5.74) is 6.07. The molecular weight excluding hydrogens is 210 g/mol. The van der Waals surface area contributed by atoms with Gasteiger partial charge in [-0.3, -0.25) is 4.79 Å². The van der Waals surface area contributed by atoms with Gasteiger partial charge in [-0.1, -0.05) is 12.8 Å². The van der Waals surface area contributed by atoms with Gasteiger partial charge >= 0.3 is 5.97 Å². The molecule has 1 aliphatic carbocycles. The molecule has 1 unspecified atom stereocenters. The van der Waals surface area contributed by atoms with Crippen molar-refractivity contribution in [2.24, 2.45) is 11.7 Å². The third-order valence-corrected chi connectivity index (χ3v) is 3.90. The minimum absolute atomic E-state index is 0.124. The zero-order chi connectivity index (χ0) is 11.1. The lowest BCUT2D eigenvalue weighted by atomic mass is 10.0. The number of esters is 1. The van der Waals surface area contributed by atoms with Gasteiger partial charge in [-0.15, -0.1) is 11.8 Å². The SMILES string of the molecule is CCOC(=O)CSCC(N)C1CCCC1. The Morgan fingerprint density at radius 3 is 2.80 bits per heavy atom. The van der Waals surface area contributed by atoms with Crippen LogP contribution < -0.4 is 5.73 Å². The molecular formula is C11H21NO2S. The van der Waals surface area contributed by atoms with Gasteiger partial charge in [-0.05, 0) is 25.7 Å². The normalized spacial score (nSPS) is 19.1. The van der Waals surface area contributed by atoms with Crippen molar-refractivity contribution in [1.29, 1.82) is 0 Å². The van der Waals surface area contributed by atoms with Crippen molar-refractivity contribution in [3.63, 3.8) is 0 Å². The molecule has 0 aromatic carbocycles. The van der Waals surface area contributed by atoms with Gasteiger partial charge in [-0.25, -0.2) is 0 Å². The van der Waals surface area contributed by atoms with E-state index in [0.29, 0.717) is 18.3 Å². The molecule has 0 bridgehead atoms. The van der Waals surface area contributed by atoms with Crippen molar-refractivity contribution >= 4 is 17.7 Å². The largest absolute Gasteiger partial charge is 0.465 e. The summed E-state index contributed by atoms with van der Waals surface area (Å²) in [6.07, 6.45) is 5.17. The minimum Gasteiger partial charge on any atom is -0.465 e. The number of hydrogen-bond acceptors (Lipinski definition) is 4. The van der Waals surface area contributed by atoms with E-state index >= 15 is 0 Å². The third kappa shape index (κ3) is 4.89. The Labute approximate surface area is 96.1 Å². The summed E-state index contributed by atoms with van der Waals surface area (Å²) in [6.45, 7) is 2.29. The van der Waals surface area contributed by atoms with Gasteiger partial charge < -0.3 is 10.5 Å². The van der Waals surface area contributed by atoms with Crippen LogP contribution in [0.5, 0.6) is 0 Å². The molecule has 0 aromatic rings. The van der Waals surface area contributed by atoms with Crippen molar-refractivity contribution in [3.05, 3.63) is 0 Å². The van der Waals surface area contributed by atoms with E-state index in [0.717, 1.165) is 5.75 Å². The summed E-state index contributed by atoms with van der Waals surface area (Å²) < 4.78 is 4.85. The molecule has 0 heterocycles. The maximum Gasteiger partial charge on any atom is 0.315 e. The average molecular weight is 231 g/mol. The Balaban J connectivity index is 2.05. The lowest BCUT2D eigenvalue weighted by molar-refractivity contribution is -0.139. The number of hydrogen-bond donors (Lipinski definition) is 1. The first-order valence-electron chi connectivity index (χ1n) is 5.73. The number of carbonyl (C=O) groups is 1. The summed E-state index contributed by atoms with van der Waals surface area (Å²) >= 11 is 1.60. The van der Waals surface area contributed by atoms with E-state index < -0.39 is 0 Å². The molecule has 1 aliphatic rings. The molecule has 0 amide bonds. The molecule has 0 aromatic heterocycles. The van der Waals surface area contributed by atoms with Crippen LogP contribution in [0, 0.1) is 5.92 Å². The number of ether oxygens (including phenoxy) is 1. The highest BCUT2D eigenvalue weighted by Crippen LogP contribution is 2.28. The number of carbonyl (C=O) groups excluding carboxylic acids is 1. The van der Waals surface area contributed by atoms with Crippen LogP contribution in [-0.2, 0) is 9.53 Å². The van der Waals surface area contributed by atoms with Gasteiger partial charge in [0.05, 0.1) is 12.4 Å². The van der Waals surface area contributed by atoms with Crippen LogP contribution in [-0.4, -0.2) is 30.1 Å². The van der Waals surface area contributed by atoms with Crippen LogP contribution >= 0.6 is 11.8 Å². The Kier molecular flexibility index (Phi) is 6.10. The summed E-state index contributed by atoms with van der Waals surface area (Å²) in [5.74, 6) is 1.87. The Morgan fingerprint density at radius 1 is 1.53 bits per heavy atom. The van der Waals surface area contributed by atoms with Crippen molar-refractivity contribution in [1.82, 2.24) is 0 Å². The molecule has 88 valence electrons. The molecule has 0 aliphatic heterocycles. The molecule has 0 saturated heterocycles. The quantitative estimate of drug-likeness (QED) is 0.708. The fourth-order valence-electron chi connectivity index (χ4n) is 2.00. The topological polar surface area (TPSA) is 52.3 Å². The number of rotatable bonds is 6. The third-order valence-electron chi connectivity index (χ3n) is 2.84. The maximum atomic E-state index is 11.1. The van der Waals surface area contributed by atoms with Crippen molar-refractivity contribution in [3.8, 4) is 0 Å². The summed E-state index contributed by atoms with van der Waals surface area (Å²) in [6, 6.07) is 0.256.